The van der Waals surface area contributed by atoms with Crippen molar-refractivity contribution in [2.75, 3.05) is 0 Å². The minimum absolute atomic E-state index is 0.167. The van der Waals surface area contributed by atoms with E-state index in [1.807, 2.05) is 24.3 Å². The quantitative estimate of drug-likeness (QED) is 0.784. The lowest BCUT2D eigenvalue weighted by atomic mass is 9.99. The second kappa shape index (κ2) is 4.38. The van der Waals surface area contributed by atoms with E-state index in [4.69, 9.17) is 0 Å². The van der Waals surface area contributed by atoms with Crippen molar-refractivity contribution in [2.24, 2.45) is 0 Å². The van der Waals surface area contributed by atoms with Crippen LogP contribution in [-0.4, -0.2) is 11.5 Å². The number of rotatable bonds is 3. The summed E-state index contributed by atoms with van der Waals surface area (Å²) in [4.78, 5) is 11.3. The minimum Gasteiger partial charge on any atom is -0.296 e. The normalized spacial score (nSPS) is 11.4. The molecule has 0 amide bonds. The predicted molar refractivity (Wildman–Crippen MR) is 63.1 cm³/mol. The molecule has 0 aliphatic carbocycles. The van der Waals surface area contributed by atoms with Crippen molar-refractivity contribution in [3.05, 3.63) is 33.4 Å². The zero-order valence-electron chi connectivity index (χ0n) is 8.18. The molecule has 0 spiro atoms. The van der Waals surface area contributed by atoms with Gasteiger partial charge in [-0.15, -0.1) is 0 Å². The summed E-state index contributed by atoms with van der Waals surface area (Å²) in [5.74, 6) is -0.376. The molecule has 1 aromatic rings. The molecule has 0 fully saturated rings. The van der Waals surface area contributed by atoms with Gasteiger partial charge >= 0.3 is 0 Å². The third-order valence-corrected chi connectivity index (χ3v) is 2.66. The van der Waals surface area contributed by atoms with Crippen LogP contribution >= 0.6 is 22.6 Å². The highest BCUT2D eigenvalue weighted by molar-refractivity contribution is 14.1. The van der Waals surface area contributed by atoms with E-state index < -0.39 is 5.67 Å². The monoisotopic (exact) mass is 306 g/mol. The number of ketones is 1. The summed E-state index contributed by atoms with van der Waals surface area (Å²) in [5, 5.41) is 0. The van der Waals surface area contributed by atoms with E-state index >= 15 is 0 Å². The maximum absolute atomic E-state index is 13.2. The van der Waals surface area contributed by atoms with Crippen LogP contribution in [0.15, 0.2) is 24.3 Å². The SMILES string of the molecule is CC(C)(F)C(=O)Cc1ccc(I)cc1. The Labute approximate surface area is 96.8 Å². The molecule has 14 heavy (non-hydrogen) atoms. The van der Waals surface area contributed by atoms with E-state index in [1.165, 1.54) is 13.8 Å². The molecule has 0 radical (unpaired) electrons. The Morgan fingerprint density at radius 3 is 2.29 bits per heavy atom. The van der Waals surface area contributed by atoms with Crippen LogP contribution in [0.4, 0.5) is 4.39 Å². The van der Waals surface area contributed by atoms with Crippen LogP contribution in [0.1, 0.15) is 19.4 Å². The molecular weight excluding hydrogens is 294 g/mol. The topological polar surface area (TPSA) is 17.1 Å². The molecule has 1 nitrogen and oxygen atoms in total. The molecule has 1 rings (SSSR count). The summed E-state index contributed by atoms with van der Waals surface area (Å²) >= 11 is 2.19. The first-order valence-electron chi connectivity index (χ1n) is 4.36. The molecule has 0 N–H and O–H groups in total. The molecule has 0 aliphatic heterocycles. The van der Waals surface area contributed by atoms with Gasteiger partial charge < -0.3 is 0 Å². The van der Waals surface area contributed by atoms with Crippen LogP contribution in [0.3, 0.4) is 0 Å². The summed E-state index contributed by atoms with van der Waals surface area (Å²) in [6, 6.07) is 7.53. The summed E-state index contributed by atoms with van der Waals surface area (Å²) in [6.07, 6.45) is 0.167. The molecule has 0 aliphatic rings. The van der Waals surface area contributed by atoms with Crippen LogP contribution < -0.4 is 0 Å². The second-order valence-corrected chi connectivity index (χ2v) is 4.94. The van der Waals surface area contributed by atoms with Gasteiger partial charge in [-0.3, -0.25) is 4.79 Å². The first kappa shape index (κ1) is 11.6. The number of benzene rings is 1. The van der Waals surface area contributed by atoms with Gasteiger partial charge in [0.15, 0.2) is 11.5 Å². The first-order valence-corrected chi connectivity index (χ1v) is 5.44. The number of Topliss-reactive ketones (excluding diaryl/α,β-unsaturated/α-hetero) is 1. The summed E-state index contributed by atoms with van der Waals surface area (Å²) < 4.78 is 14.3. The molecule has 0 bridgehead atoms. The van der Waals surface area contributed by atoms with Crippen LogP contribution in [0, 0.1) is 3.57 Å². The van der Waals surface area contributed by atoms with E-state index in [-0.39, 0.29) is 12.2 Å². The fourth-order valence-electron chi connectivity index (χ4n) is 0.998. The van der Waals surface area contributed by atoms with Crippen LogP contribution in [-0.2, 0) is 11.2 Å². The summed E-state index contributed by atoms with van der Waals surface area (Å²) in [5.41, 5.74) is -0.871. The van der Waals surface area contributed by atoms with Crippen molar-refractivity contribution >= 4 is 28.4 Å². The van der Waals surface area contributed by atoms with Crippen LogP contribution in [0.25, 0.3) is 0 Å². The molecule has 1 aromatic carbocycles. The third kappa shape index (κ3) is 3.36. The van der Waals surface area contributed by atoms with Crippen molar-refractivity contribution in [1.29, 1.82) is 0 Å². The summed E-state index contributed by atoms with van der Waals surface area (Å²) in [7, 11) is 0. The number of alkyl halides is 1. The molecule has 0 unspecified atom stereocenters. The van der Waals surface area contributed by atoms with Gasteiger partial charge in [-0.05, 0) is 54.1 Å². The Bertz CT molecular complexity index is 324. The lowest BCUT2D eigenvalue weighted by Gasteiger charge is -2.12. The van der Waals surface area contributed by atoms with Gasteiger partial charge in [0.25, 0.3) is 0 Å². The number of carbonyl (C=O) groups is 1. The average Bonchev–Trinajstić information content (AvgIpc) is 2.07. The number of carbonyl (C=O) groups excluding carboxylic acids is 1. The zero-order chi connectivity index (χ0) is 10.8. The Balaban J connectivity index is 2.71. The maximum Gasteiger partial charge on any atom is 0.173 e. The van der Waals surface area contributed by atoms with Crippen molar-refractivity contribution in [2.45, 2.75) is 25.9 Å². The minimum atomic E-state index is -1.73. The van der Waals surface area contributed by atoms with E-state index in [9.17, 15) is 9.18 Å². The Hall–Kier alpha value is -0.450. The maximum atomic E-state index is 13.2. The highest BCUT2D eigenvalue weighted by Gasteiger charge is 2.25. The predicted octanol–water partition coefficient (Wildman–Crippen LogP) is 3.15. The van der Waals surface area contributed by atoms with Gasteiger partial charge in [-0.25, -0.2) is 4.39 Å². The molecule has 3 heteroatoms. The van der Waals surface area contributed by atoms with Crippen LogP contribution in [0.5, 0.6) is 0 Å². The smallest absolute Gasteiger partial charge is 0.173 e. The lowest BCUT2D eigenvalue weighted by molar-refractivity contribution is -0.127. The molecule has 0 saturated heterocycles. The second-order valence-electron chi connectivity index (χ2n) is 3.70. The summed E-state index contributed by atoms with van der Waals surface area (Å²) in [6.45, 7) is 2.59. The zero-order valence-corrected chi connectivity index (χ0v) is 10.3. The number of hydrogen-bond donors (Lipinski definition) is 0. The van der Waals surface area contributed by atoms with Gasteiger partial charge in [0.1, 0.15) is 0 Å². The molecule has 0 atom stereocenters. The molecule has 0 heterocycles. The molecule has 76 valence electrons. The van der Waals surface area contributed by atoms with E-state index in [2.05, 4.69) is 22.6 Å². The van der Waals surface area contributed by atoms with Crippen molar-refractivity contribution in [3.63, 3.8) is 0 Å². The highest BCUT2D eigenvalue weighted by Crippen LogP contribution is 2.14. The Morgan fingerprint density at radius 2 is 1.86 bits per heavy atom. The average molecular weight is 306 g/mol. The third-order valence-electron chi connectivity index (χ3n) is 1.94. The first-order chi connectivity index (χ1) is 6.39. The van der Waals surface area contributed by atoms with Crippen molar-refractivity contribution < 1.29 is 9.18 Å². The Morgan fingerprint density at radius 1 is 1.36 bits per heavy atom. The van der Waals surface area contributed by atoms with Gasteiger partial charge in [0.05, 0.1) is 0 Å². The van der Waals surface area contributed by atoms with E-state index in [0.717, 1.165) is 9.13 Å². The molecule has 0 saturated carbocycles. The van der Waals surface area contributed by atoms with Gasteiger partial charge in [0, 0.05) is 9.99 Å². The fourth-order valence-corrected chi connectivity index (χ4v) is 1.36. The van der Waals surface area contributed by atoms with E-state index in [1.54, 1.807) is 0 Å². The number of hydrogen-bond acceptors (Lipinski definition) is 1. The van der Waals surface area contributed by atoms with Crippen molar-refractivity contribution in [3.8, 4) is 0 Å². The van der Waals surface area contributed by atoms with E-state index in [0.29, 0.717) is 0 Å². The van der Waals surface area contributed by atoms with Gasteiger partial charge in [-0.1, -0.05) is 12.1 Å². The largest absolute Gasteiger partial charge is 0.296 e. The van der Waals surface area contributed by atoms with Gasteiger partial charge in [-0.2, -0.15) is 0 Å². The van der Waals surface area contributed by atoms with Crippen molar-refractivity contribution in [1.82, 2.24) is 0 Å². The highest BCUT2D eigenvalue weighted by atomic mass is 127. The number of halogens is 2. The van der Waals surface area contributed by atoms with Gasteiger partial charge in [0.2, 0.25) is 0 Å². The lowest BCUT2D eigenvalue weighted by Crippen LogP contribution is -2.27. The fraction of sp³-hybridized carbons (Fsp3) is 0.364. The Kier molecular flexibility index (Phi) is 3.64. The molecule has 0 aromatic heterocycles. The standard InChI is InChI=1S/C11H12FIO/c1-11(2,12)10(14)7-8-3-5-9(13)6-4-8/h3-6H,7H2,1-2H3. The molecular formula is C11H12FIO. The van der Waals surface area contributed by atoms with Crippen LogP contribution in [0.2, 0.25) is 0 Å².